The van der Waals surface area contributed by atoms with Crippen LogP contribution >= 0.6 is 0 Å². The van der Waals surface area contributed by atoms with Crippen LogP contribution in [0.1, 0.15) is 87.1 Å². The van der Waals surface area contributed by atoms with Crippen molar-refractivity contribution in [2.45, 2.75) is 148 Å². The number of likely N-dealkylation sites (N-methyl/N-ethyl adjacent to an activating group) is 1. The summed E-state index contributed by atoms with van der Waals surface area (Å²) in [5, 5.41) is 29.6. The van der Waals surface area contributed by atoms with E-state index in [-0.39, 0.29) is 24.1 Å². The number of fused-ring (bicyclic) bond motifs is 1. The molecule has 0 radical (unpaired) electrons. The first-order valence-electron chi connectivity index (χ1n) is 21.3. The van der Waals surface area contributed by atoms with E-state index >= 15 is 0 Å². The number of methoxy groups -OCH3 is 1. The topological polar surface area (TPSA) is 192 Å². The van der Waals surface area contributed by atoms with Gasteiger partial charge in [0.05, 0.1) is 47.6 Å². The normalized spacial score (nSPS) is 37.0. The van der Waals surface area contributed by atoms with Gasteiger partial charge >= 0.3 is 12.1 Å². The van der Waals surface area contributed by atoms with Crippen LogP contribution in [0.15, 0.2) is 42.2 Å². The maximum atomic E-state index is 14.0. The molecule has 3 saturated heterocycles. The van der Waals surface area contributed by atoms with Crippen LogP contribution in [-0.4, -0.2) is 148 Å². The smallest absolute Gasteiger partial charge is 0.425 e. The molecular weight excluding hydrogens is 775 g/mol. The van der Waals surface area contributed by atoms with Gasteiger partial charge in [0.1, 0.15) is 25.4 Å². The second-order valence-electron chi connectivity index (χ2n) is 17.5. The number of imidazole rings is 1. The molecule has 0 saturated carbocycles. The maximum Gasteiger partial charge on any atom is 0.425 e. The number of hydrazine groups is 1. The summed E-state index contributed by atoms with van der Waals surface area (Å²) in [7, 11) is 6.85. The molecule has 15 atom stereocenters. The van der Waals surface area contributed by atoms with E-state index in [2.05, 4.69) is 27.5 Å². The summed E-state index contributed by atoms with van der Waals surface area (Å²) in [6.45, 7) is 15.5. The molecule has 5 rings (SSSR count). The third-order valence-corrected chi connectivity index (χ3v) is 12.9. The lowest BCUT2D eigenvalue weighted by Crippen LogP contribution is -2.60. The Bertz CT molecular complexity index is 1730. The number of hydrogen-bond donors (Lipinski definition) is 3. The number of aromatic nitrogens is 3. The number of cyclic esters (lactones) is 1. The highest BCUT2D eigenvalue weighted by Crippen LogP contribution is 2.40. The molecule has 336 valence electrons. The third-order valence-electron chi connectivity index (χ3n) is 12.9. The van der Waals surface area contributed by atoms with E-state index in [0.717, 1.165) is 11.3 Å². The molecule has 3 N–H and O–H groups in total. The van der Waals surface area contributed by atoms with Gasteiger partial charge < -0.3 is 48.2 Å². The molecule has 0 aliphatic carbocycles. The van der Waals surface area contributed by atoms with Crippen LogP contribution in [-0.2, 0) is 33.3 Å². The van der Waals surface area contributed by atoms with Gasteiger partial charge in [0.25, 0.3) is 0 Å². The zero-order valence-electron chi connectivity index (χ0n) is 37.4. The standard InChI is InChI=1S/C43H69N7O10/c1-13-33-38-35(50(42(54)59-38)46-18-16-25(3)49-22-31(45-23-49)30-15-14-17-44-21-30)27(5)34(47-56-12)24(2)20-43(8,55-11)39(28(6)36(51)29(7)40(53)58-33)60-41-37(52)32(48(9)10)19-26(4)57-41/h14-15,17,21-29,32-33,35-39,41,46,51-52H,13,16,18-20H2,1-12H3/b47-34+/t24-,25+,26-,27+,28+,29-,32+,33-,35-,36+,37-,38-,39-,41-,43+/m1/s1. The number of pyridine rings is 1. The minimum absolute atomic E-state index is 0.0236. The highest BCUT2D eigenvalue weighted by atomic mass is 16.7. The average Bonchev–Trinajstić information content (AvgIpc) is 3.85. The zero-order chi connectivity index (χ0) is 44.1. The minimum atomic E-state index is -1.26. The number of aliphatic hydroxyl groups excluding tert-OH is 2. The van der Waals surface area contributed by atoms with Crippen molar-refractivity contribution in [3.05, 3.63) is 37.1 Å². The molecule has 0 unspecified atom stereocenters. The second-order valence-corrected chi connectivity index (χ2v) is 17.5. The maximum absolute atomic E-state index is 14.0. The number of carbonyl (C=O) groups is 2. The lowest BCUT2D eigenvalue weighted by molar-refractivity contribution is -0.301. The van der Waals surface area contributed by atoms with Gasteiger partial charge in [-0.2, -0.15) is 0 Å². The Morgan fingerprint density at radius 1 is 1.10 bits per heavy atom. The molecule has 5 heterocycles. The number of hydrogen-bond acceptors (Lipinski definition) is 15. The summed E-state index contributed by atoms with van der Waals surface area (Å²) < 4.78 is 33.6. The van der Waals surface area contributed by atoms with Gasteiger partial charge in [0, 0.05) is 67.6 Å². The predicted octanol–water partition coefficient (Wildman–Crippen LogP) is 4.44. The minimum Gasteiger partial charge on any atom is -0.458 e. The number of carbonyl (C=O) groups excluding carboxylic acids is 2. The summed E-state index contributed by atoms with van der Waals surface area (Å²) in [5.74, 6) is -3.22. The molecule has 3 aliphatic heterocycles. The molecule has 0 aromatic carbocycles. The fraction of sp³-hybridized carbons (Fsp3) is 0.744. The van der Waals surface area contributed by atoms with Gasteiger partial charge in [-0.1, -0.05) is 32.9 Å². The SMILES string of the molecule is CC[C@H]1OC(=O)[C@H](C)[C@@H](O)[C@H](C)[C@@H](O[C@H]2O[C@H](C)C[C@H](N(C)C)[C@H]2O)[C@@](C)(OC)C[C@@H](C)/C(=N\OC)[C@H](C)[C@@H]2[C@@H]1OC(=O)N2NCC[C@H](C)n1cnc(-c2cccnc2)c1. The first-order chi connectivity index (χ1) is 28.5. The summed E-state index contributed by atoms with van der Waals surface area (Å²) in [6, 6.07) is 2.92. The molecule has 3 fully saturated rings. The molecule has 3 aliphatic rings. The van der Waals surface area contributed by atoms with Crippen molar-refractivity contribution >= 4 is 17.8 Å². The van der Waals surface area contributed by atoms with Crippen molar-refractivity contribution in [3.63, 3.8) is 0 Å². The Hall–Kier alpha value is -3.71. The van der Waals surface area contributed by atoms with E-state index in [4.69, 9.17) is 28.5 Å². The average molecular weight is 844 g/mol. The highest BCUT2D eigenvalue weighted by molar-refractivity contribution is 5.89. The Labute approximate surface area is 355 Å². The van der Waals surface area contributed by atoms with Gasteiger partial charge in [-0.3, -0.25) is 9.78 Å². The lowest BCUT2D eigenvalue weighted by atomic mass is 9.74. The van der Waals surface area contributed by atoms with Crippen molar-refractivity contribution in [1.29, 1.82) is 0 Å². The molecule has 2 aromatic rings. The molecule has 2 aromatic heterocycles. The van der Waals surface area contributed by atoms with E-state index in [9.17, 15) is 19.8 Å². The zero-order valence-corrected chi connectivity index (χ0v) is 37.4. The fourth-order valence-electron chi connectivity index (χ4n) is 9.24. The van der Waals surface area contributed by atoms with E-state index < -0.39 is 78.3 Å². The first-order valence-corrected chi connectivity index (χ1v) is 21.3. The monoisotopic (exact) mass is 844 g/mol. The first kappa shape index (κ1) is 47.3. The van der Waals surface area contributed by atoms with Crippen LogP contribution in [0.5, 0.6) is 0 Å². The van der Waals surface area contributed by atoms with Gasteiger partial charge in [0.2, 0.25) is 0 Å². The van der Waals surface area contributed by atoms with Crippen LogP contribution in [0.4, 0.5) is 4.79 Å². The quantitative estimate of drug-likeness (QED) is 0.201. The van der Waals surface area contributed by atoms with E-state index in [1.54, 1.807) is 39.7 Å². The molecule has 17 heteroatoms. The molecule has 0 spiro atoms. The van der Waals surface area contributed by atoms with E-state index in [1.807, 2.05) is 76.5 Å². The summed E-state index contributed by atoms with van der Waals surface area (Å²) >= 11 is 0. The molecule has 0 bridgehead atoms. The van der Waals surface area contributed by atoms with Crippen LogP contribution in [0.25, 0.3) is 11.3 Å². The number of nitrogens with one attached hydrogen (secondary N) is 1. The lowest BCUT2D eigenvalue weighted by Gasteiger charge is -2.48. The number of oxime groups is 1. The number of ether oxygens (including phenoxy) is 5. The van der Waals surface area contributed by atoms with Crippen LogP contribution in [0, 0.1) is 23.7 Å². The Morgan fingerprint density at radius 3 is 2.47 bits per heavy atom. The van der Waals surface area contributed by atoms with Gasteiger partial charge in [-0.25, -0.2) is 20.2 Å². The van der Waals surface area contributed by atoms with Crippen LogP contribution < -0.4 is 5.43 Å². The van der Waals surface area contributed by atoms with Gasteiger partial charge in [-0.15, -0.1) is 0 Å². The summed E-state index contributed by atoms with van der Waals surface area (Å²) in [6.07, 6.45) is 2.35. The third kappa shape index (κ3) is 10.3. The number of nitrogens with zero attached hydrogens (tertiary/aromatic N) is 6. The molecule has 60 heavy (non-hydrogen) atoms. The summed E-state index contributed by atoms with van der Waals surface area (Å²) in [4.78, 5) is 44.1. The Kier molecular flexibility index (Phi) is 16.1. The van der Waals surface area contributed by atoms with Gasteiger partial charge in [0.15, 0.2) is 12.4 Å². The van der Waals surface area contributed by atoms with E-state index in [0.29, 0.717) is 37.9 Å². The predicted molar refractivity (Wildman–Crippen MR) is 223 cm³/mol. The summed E-state index contributed by atoms with van der Waals surface area (Å²) in [5.41, 5.74) is 4.55. The van der Waals surface area contributed by atoms with Gasteiger partial charge in [-0.05, 0) is 79.6 Å². The number of amides is 1. The van der Waals surface area contributed by atoms with Crippen LogP contribution in [0.3, 0.4) is 0 Å². The van der Waals surface area contributed by atoms with Crippen molar-refractivity contribution < 1.29 is 48.3 Å². The molecule has 1 amide bonds. The van der Waals surface area contributed by atoms with Crippen LogP contribution in [0.2, 0.25) is 0 Å². The number of rotatable bonds is 12. The molecular formula is C43H69N7O10. The number of aliphatic hydroxyl groups is 2. The van der Waals surface area contributed by atoms with Crippen molar-refractivity contribution in [2.75, 3.05) is 34.9 Å². The Morgan fingerprint density at radius 2 is 1.83 bits per heavy atom. The van der Waals surface area contributed by atoms with Crippen molar-refractivity contribution in [2.24, 2.45) is 28.8 Å². The van der Waals surface area contributed by atoms with Crippen molar-refractivity contribution in [1.82, 2.24) is 29.9 Å². The Balaban J connectivity index is 1.46. The largest absolute Gasteiger partial charge is 0.458 e. The number of esters is 1. The van der Waals surface area contributed by atoms with E-state index in [1.165, 1.54) is 12.1 Å². The molecule has 17 nitrogen and oxygen atoms in total. The van der Waals surface area contributed by atoms with Crippen molar-refractivity contribution in [3.8, 4) is 11.3 Å². The highest BCUT2D eigenvalue weighted by Gasteiger charge is 2.54. The fourth-order valence-corrected chi connectivity index (χ4v) is 9.24. The second kappa shape index (κ2) is 20.4.